The Hall–Kier alpha value is -2.28. The van der Waals surface area contributed by atoms with Gasteiger partial charge in [-0.05, 0) is 44.2 Å². The molecule has 0 unspecified atom stereocenters. The van der Waals surface area contributed by atoms with Crippen molar-refractivity contribution in [2.75, 3.05) is 26.7 Å². The smallest absolute Gasteiger partial charge is 0.253 e. The van der Waals surface area contributed by atoms with E-state index in [-0.39, 0.29) is 5.91 Å². The highest BCUT2D eigenvalue weighted by atomic mass is 35.5. The van der Waals surface area contributed by atoms with Crippen LogP contribution in [0.5, 0.6) is 0 Å². The lowest BCUT2D eigenvalue weighted by Crippen LogP contribution is -2.45. The standard InChI is InChI=1S/C22H23ClN2O/c1-24(15-7-11-18-8-5-6-12-21(18)23)20-13-16-25(17-14-20)22(26)19-9-3-2-4-10-19/h2-6,8-10,12,20H,13-17H2,1H3. The third kappa shape index (κ3) is 4.66. The summed E-state index contributed by atoms with van der Waals surface area (Å²) >= 11 is 6.13. The fourth-order valence-electron chi connectivity index (χ4n) is 3.22. The summed E-state index contributed by atoms with van der Waals surface area (Å²) in [5.74, 6) is 6.48. The molecular formula is C22H23ClN2O. The summed E-state index contributed by atoms with van der Waals surface area (Å²) in [5, 5.41) is 0.690. The lowest BCUT2D eigenvalue weighted by Gasteiger charge is -2.36. The number of amides is 1. The number of nitrogens with zero attached hydrogens (tertiary/aromatic N) is 2. The number of likely N-dealkylation sites (tertiary alicyclic amines) is 1. The van der Waals surface area contributed by atoms with Crippen LogP contribution >= 0.6 is 11.6 Å². The van der Waals surface area contributed by atoms with E-state index in [1.807, 2.05) is 59.5 Å². The van der Waals surface area contributed by atoms with E-state index in [1.54, 1.807) is 0 Å². The first-order chi connectivity index (χ1) is 12.6. The molecule has 26 heavy (non-hydrogen) atoms. The van der Waals surface area contributed by atoms with Gasteiger partial charge in [-0.3, -0.25) is 9.69 Å². The van der Waals surface area contributed by atoms with Crippen LogP contribution in [0.15, 0.2) is 54.6 Å². The molecule has 2 aromatic carbocycles. The Morgan fingerprint density at radius 2 is 1.77 bits per heavy atom. The lowest BCUT2D eigenvalue weighted by molar-refractivity contribution is 0.0656. The molecule has 0 spiro atoms. The molecule has 0 saturated carbocycles. The fraction of sp³-hybridized carbons (Fsp3) is 0.318. The molecule has 1 fully saturated rings. The molecule has 1 aliphatic rings. The zero-order valence-electron chi connectivity index (χ0n) is 15.0. The zero-order chi connectivity index (χ0) is 18.4. The van der Waals surface area contributed by atoms with E-state index in [0.29, 0.717) is 17.6 Å². The van der Waals surface area contributed by atoms with Gasteiger partial charge in [0.1, 0.15) is 0 Å². The predicted molar refractivity (Wildman–Crippen MR) is 106 cm³/mol. The summed E-state index contributed by atoms with van der Waals surface area (Å²) in [7, 11) is 2.10. The lowest BCUT2D eigenvalue weighted by atomic mass is 10.0. The van der Waals surface area contributed by atoms with Gasteiger partial charge in [-0.2, -0.15) is 0 Å². The maximum absolute atomic E-state index is 12.5. The fourth-order valence-corrected chi connectivity index (χ4v) is 3.41. The molecule has 134 valence electrons. The van der Waals surface area contributed by atoms with Gasteiger partial charge >= 0.3 is 0 Å². The first-order valence-electron chi connectivity index (χ1n) is 8.93. The minimum Gasteiger partial charge on any atom is -0.339 e. The Kier molecular flexibility index (Phi) is 6.33. The third-order valence-corrected chi connectivity index (χ3v) is 5.15. The molecular weight excluding hydrogens is 344 g/mol. The first-order valence-corrected chi connectivity index (χ1v) is 9.31. The van der Waals surface area contributed by atoms with E-state index in [1.165, 1.54) is 0 Å². The summed E-state index contributed by atoms with van der Waals surface area (Å²) in [6.07, 6.45) is 1.95. The van der Waals surface area contributed by atoms with Crippen molar-refractivity contribution in [3.8, 4) is 11.8 Å². The maximum atomic E-state index is 12.5. The SMILES string of the molecule is CN(CC#Cc1ccccc1Cl)C1CCN(C(=O)c2ccccc2)CC1. The number of carbonyl (C=O) groups is 1. The molecule has 1 saturated heterocycles. The van der Waals surface area contributed by atoms with Crippen molar-refractivity contribution >= 4 is 17.5 Å². The van der Waals surface area contributed by atoms with Crippen molar-refractivity contribution in [3.05, 3.63) is 70.7 Å². The van der Waals surface area contributed by atoms with Crippen molar-refractivity contribution in [3.63, 3.8) is 0 Å². The number of piperidine rings is 1. The first kappa shape index (κ1) is 18.5. The summed E-state index contributed by atoms with van der Waals surface area (Å²) in [6, 6.07) is 17.6. The summed E-state index contributed by atoms with van der Waals surface area (Å²) < 4.78 is 0. The molecule has 1 aliphatic heterocycles. The van der Waals surface area contributed by atoms with Gasteiger partial charge in [-0.1, -0.05) is 53.8 Å². The zero-order valence-corrected chi connectivity index (χ0v) is 15.7. The Morgan fingerprint density at radius 3 is 2.46 bits per heavy atom. The number of rotatable bonds is 3. The molecule has 3 nitrogen and oxygen atoms in total. The van der Waals surface area contributed by atoms with Crippen molar-refractivity contribution in [2.24, 2.45) is 0 Å². The topological polar surface area (TPSA) is 23.6 Å². The van der Waals surface area contributed by atoms with Gasteiger partial charge < -0.3 is 4.90 Å². The minimum atomic E-state index is 0.130. The molecule has 0 aliphatic carbocycles. The number of benzene rings is 2. The molecule has 2 aromatic rings. The minimum absolute atomic E-state index is 0.130. The van der Waals surface area contributed by atoms with Gasteiger partial charge in [-0.15, -0.1) is 0 Å². The van der Waals surface area contributed by atoms with Gasteiger partial charge in [-0.25, -0.2) is 0 Å². The van der Waals surface area contributed by atoms with Gasteiger partial charge in [0.15, 0.2) is 0 Å². The molecule has 0 N–H and O–H groups in total. The van der Waals surface area contributed by atoms with Gasteiger partial charge in [0.05, 0.1) is 11.6 Å². The molecule has 4 heteroatoms. The normalized spacial score (nSPS) is 14.8. The van der Waals surface area contributed by atoms with Crippen molar-refractivity contribution in [1.29, 1.82) is 0 Å². The Morgan fingerprint density at radius 1 is 1.12 bits per heavy atom. The quantitative estimate of drug-likeness (QED) is 0.768. The summed E-state index contributed by atoms with van der Waals surface area (Å²) in [5.41, 5.74) is 1.63. The van der Waals surface area contributed by atoms with E-state index in [2.05, 4.69) is 23.8 Å². The summed E-state index contributed by atoms with van der Waals surface area (Å²) in [6.45, 7) is 2.28. The van der Waals surface area contributed by atoms with Crippen molar-refractivity contribution in [1.82, 2.24) is 9.80 Å². The molecule has 1 heterocycles. The highest BCUT2D eigenvalue weighted by Gasteiger charge is 2.25. The number of hydrogen-bond acceptors (Lipinski definition) is 2. The van der Waals surface area contributed by atoms with E-state index in [9.17, 15) is 4.79 Å². The van der Waals surface area contributed by atoms with Gasteiger partial charge in [0, 0.05) is 30.3 Å². The molecule has 0 radical (unpaired) electrons. The van der Waals surface area contributed by atoms with Crippen LogP contribution in [-0.4, -0.2) is 48.4 Å². The maximum Gasteiger partial charge on any atom is 0.253 e. The second-order valence-corrected chi connectivity index (χ2v) is 6.99. The Labute approximate surface area is 160 Å². The molecule has 1 amide bonds. The molecule has 0 aromatic heterocycles. The van der Waals surface area contributed by atoms with Gasteiger partial charge in [0.2, 0.25) is 0 Å². The van der Waals surface area contributed by atoms with Gasteiger partial charge in [0.25, 0.3) is 5.91 Å². The second kappa shape index (κ2) is 8.89. The van der Waals surface area contributed by atoms with E-state index in [0.717, 1.165) is 37.1 Å². The van der Waals surface area contributed by atoms with Crippen LogP contribution in [0.1, 0.15) is 28.8 Å². The molecule has 3 rings (SSSR count). The molecule has 0 atom stereocenters. The molecule has 0 bridgehead atoms. The number of hydrogen-bond donors (Lipinski definition) is 0. The van der Waals surface area contributed by atoms with Crippen LogP contribution in [0.3, 0.4) is 0 Å². The van der Waals surface area contributed by atoms with Crippen molar-refractivity contribution < 1.29 is 4.79 Å². The van der Waals surface area contributed by atoms with E-state index < -0.39 is 0 Å². The third-order valence-electron chi connectivity index (χ3n) is 4.82. The van der Waals surface area contributed by atoms with Crippen LogP contribution in [0.4, 0.5) is 0 Å². The summed E-state index contributed by atoms with van der Waals surface area (Å²) in [4.78, 5) is 16.7. The Balaban J connectivity index is 1.50. The Bertz CT molecular complexity index is 802. The van der Waals surface area contributed by atoms with Crippen LogP contribution in [-0.2, 0) is 0 Å². The van der Waals surface area contributed by atoms with E-state index in [4.69, 9.17) is 11.6 Å². The van der Waals surface area contributed by atoms with Crippen molar-refractivity contribution in [2.45, 2.75) is 18.9 Å². The average Bonchev–Trinajstić information content (AvgIpc) is 2.69. The van der Waals surface area contributed by atoms with Crippen LogP contribution < -0.4 is 0 Å². The predicted octanol–water partition coefficient (Wildman–Crippen LogP) is 3.93. The number of halogens is 1. The highest BCUT2D eigenvalue weighted by molar-refractivity contribution is 6.31. The van der Waals surface area contributed by atoms with Crippen LogP contribution in [0.2, 0.25) is 5.02 Å². The monoisotopic (exact) mass is 366 g/mol. The highest BCUT2D eigenvalue weighted by Crippen LogP contribution is 2.18. The van der Waals surface area contributed by atoms with Crippen LogP contribution in [0, 0.1) is 11.8 Å². The average molecular weight is 367 g/mol. The number of carbonyl (C=O) groups excluding carboxylic acids is 1. The van der Waals surface area contributed by atoms with E-state index >= 15 is 0 Å². The van der Waals surface area contributed by atoms with Crippen LogP contribution in [0.25, 0.3) is 0 Å². The second-order valence-electron chi connectivity index (χ2n) is 6.59. The largest absolute Gasteiger partial charge is 0.339 e.